The Labute approximate surface area is 81.5 Å². The number of primary sulfonamides is 1. The first-order valence-electron chi connectivity index (χ1n) is 3.78. The largest absolute Gasteiger partial charge is 0.255 e. The second-order valence-electron chi connectivity index (χ2n) is 2.52. The van der Waals surface area contributed by atoms with E-state index >= 15 is 0 Å². The summed E-state index contributed by atoms with van der Waals surface area (Å²) < 4.78 is 21.9. The first-order valence-corrected chi connectivity index (χ1v) is 5.33. The van der Waals surface area contributed by atoms with Gasteiger partial charge in [-0.1, -0.05) is 6.92 Å². The molecule has 1 aromatic rings. The van der Waals surface area contributed by atoms with Gasteiger partial charge in [-0.25, -0.2) is 23.5 Å². The fourth-order valence-corrected chi connectivity index (χ4v) is 1.34. The number of rotatable bonds is 2. The quantitative estimate of drug-likeness (QED) is 0.668. The molecule has 0 aliphatic carbocycles. The Morgan fingerprint density at radius 2 is 2.21 bits per heavy atom. The van der Waals surface area contributed by atoms with E-state index in [1.54, 1.807) is 13.0 Å². The van der Waals surface area contributed by atoms with E-state index in [1.807, 2.05) is 0 Å². The van der Waals surface area contributed by atoms with Crippen LogP contribution in [0.5, 0.6) is 0 Å². The molecule has 1 aromatic heterocycles. The van der Waals surface area contributed by atoms with Gasteiger partial charge in [-0.15, -0.1) is 0 Å². The summed E-state index contributed by atoms with van der Waals surface area (Å²) in [5.74, 6) is 0.285. The summed E-state index contributed by atoms with van der Waals surface area (Å²) in [4.78, 5) is 7.49. The van der Waals surface area contributed by atoms with Gasteiger partial charge in [0.1, 0.15) is 17.6 Å². The second kappa shape index (κ2) is 3.69. The van der Waals surface area contributed by atoms with Gasteiger partial charge < -0.3 is 0 Å². The normalized spacial score (nSPS) is 10.9. The summed E-state index contributed by atoms with van der Waals surface area (Å²) in [6.45, 7) is 1.75. The average molecular weight is 212 g/mol. The van der Waals surface area contributed by atoms with Crippen LogP contribution in [0.1, 0.15) is 18.4 Å². The highest BCUT2D eigenvalue weighted by atomic mass is 32.2. The third-order valence-corrected chi connectivity index (χ3v) is 2.26. The number of hydrogen-bond acceptors (Lipinski definition) is 5. The van der Waals surface area contributed by atoms with Crippen molar-refractivity contribution in [2.45, 2.75) is 18.4 Å². The Bertz CT molecular complexity index is 489. The molecule has 0 amide bonds. The molecule has 0 atom stereocenters. The highest BCUT2D eigenvalue weighted by molar-refractivity contribution is 7.89. The van der Waals surface area contributed by atoms with Crippen LogP contribution < -0.4 is 5.14 Å². The Hall–Kier alpha value is -1.52. The molecule has 74 valence electrons. The summed E-state index contributed by atoms with van der Waals surface area (Å²) in [6.07, 6.45) is 0.442. The molecule has 7 heteroatoms. The van der Waals surface area contributed by atoms with E-state index in [0.29, 0.717) is 6.42 Å². The van der Waals surface area contributed by atoms with Crippen LogP contribution >= 0.6 is 0 Å². The van der Waals surface area contributed by atoms with Gasteiger partial charge in [0, 0.05) is 12.5 Å². The topological polar surface area (TPSA) is 110 Å². The van der Waals surface area contributed by atoms with E-state index in [2.05, 4.69) is 9.97 Å². The van der Waals surface area contributed by atoms with Crippen LogP contribution in [0, 0.1) is 11.3 Å². The van der Waals surface area contributed by atoms with E-state index in [-0.39, 0.29) is 16.5 Å². The van der Waals surface area contributed by atoms with Crippen molar-refractivity contribution >= 4 is 10.0 Å². The monoisotopic (exact) mass is 212 g/mol. The number of aryl methyl sites for hydroxylation is 1. The minimum atomic E-state index is -3.87. The molecule has 0 unspecified atom stereocenters. The zero-order chi connectivity index (χ0) is 10.8. The van der Waals surface area contributed by atoms with Crippen LogP contribution in [0.4, 0.5) is 0 Å². The van der Waals surface area contributed by atoms with Crippen molar-refractivity contribution in [2.24, 2.45) is 5.14 Å². The molecule has 0 spiro atoms. The fourth-order valence-electron chi connectivity index (χ4n) is 0.834. The minimum Gasteiger partial charge on any atom is -0.223 e. The standard InChI is InChI=1S/C7H8N4O2S/c1-2-6-10-5(4-8)3-7(11-6)14(9,12)13/h3H,2H2,1H3,(H2,9,12,13). The first kappa shape index (κ1) is 10.6. The third kappa shape index (κ3) is 2.25. The van der Waals surface area contributed by atoms with Gasteiger partial charge in [0.15, 0.2) is 5.03 Å². The number of nitrogens with zero attached hydrogens (tertiary/aromatic N) is 3. The smallest absolute Gasteiger partial charge is 0.223 e. The lowest BCUT2D eigenvalue weighted by molar-refractivity contribution is 0.592. The van der Waals surface area contributed by atoms with Crippen molar-refractivity contribution in [3.63, 3.8) is 0 Å². The highest BCUT2D eigenvalue weighted by Gasteiger charge is 2.12. The molecule has 1 heterocycles. The molecule has 6 nitrogen and oxygen atoms in total. The molecule has 1 rings (SSSR count). The molecule has 0 saturated heterocycles. The SMILES string of the molecule is CCc1nc(C#N)cc(S(N)(=O)=O)n1. The Morgan fingerprint density at radius 1 is 1.57 bits per heavy atom. The van der Waals surface area contributed by atoms with Gasteiger partial charge in [-0.05, 0) is 0 Å². The number of hydrogen-bond donors (Lipinski definition) is 1. The van der Waals surface area contributed by atoms with Crippen molar-refractivity contribution in [3.8, 4) is 6.07 Å². The molecule has 0 fully saturated rings. The van der Waals surface area contributed by atoms with Gasteiger partial charge in [0.05, 0.1) is 0 Å². The molecular weight excluding hydrogens is 204 g/mol. The third-order valence-electron chi connectivity index (χ3n) is 1.47. The van der Waals surface area contributed by atoms with E-state index in [4.69, 9.17) is 10.4 Å². The van der Waals surface area contributed by atoms with E-state index in [1.165, 1.54) is 0 Å². The van der Waals surface area contributed by atoms with E-state index in [0.717, 1.165) is 6.07 Å². The van der Waals surface area contributed by atoms with Gasteiger partial charge in [-0.3, -0.25) is 0 Å². The zero-order valence-electron chi connectivity index (χ0n) is 7.43. The number of nitrogens with two attached hydrogens (primary N) is 1. The number of sulfonamides is 1. The van der Waals surface area contributed by atoms with Crippen molar-refractivity contribution in [1.82, 2.24) is 9.97 Å². The van der Waals surface area contributed by atoms with Crippen LogP contribution in [0.25, 0.3) is 0 Å². The van der Waals surface area contributed by atoms with Crippen molar-refractivity contribution in [1.29, 1.82) is 5.26 Å². The van der Waals surface area contributed by atoms with Gasteiger partial charge in [0.25, 0.3) is 10.0 Å². The summed E-state index contributed by atoms with van der Waals surface area (Å²) in [5.41, 5.74) is 0.000810. The Kier molecular flexibility index (Phi) is 2.78. The molecule has 0 aliphatic rings. The van der Waals surface area contributed by atoms with Gasteiger partial charge in [-0.2, -0.15) is 5.26 Å². The summed E-state index contributed by atoms with van der Waals surface area (Å²) in [5, 5.41) is 13.1. The van der Waals surface area contributed by atoms with Gasteiger partial charge >= 0.3 is 0 Å². The fraction of sp³-hybridized carbons (Fsp3) is 0.286. The van der Waals surface area contributed by atoms with Crippen LogP contribution in [0.2, 0.25) is 0 Å². The van der Waals surface area contributed by atoms with Crippen molar-refractivity contribution in [2.75, 3.05) is 0 Å². The number of nitriles is 1. The maximum absolute atomic E-state index is 10.9. The lowest BCUT2D eigenvalue weighted by Crippen LogP contribution is -2.16. The summed E-state index contributed by atoms with van der Waals surface area (Å²) in [6, 6.07) is 2.79. The molecular formula is C7H8N4O2S. The maximum atomic E-state index is 10.9. The van der Waals surface area contributed by atoms with Crippen LogP contribution in [0.15, 0.2) is 11.1 Å². The van der Waals surface area contributed by atoms with E-state index < -0.39 is 10.0 Å². The minimum absolute atomic E-state index is 0.000810. The lowest BCUT2D eigenvalue weighted by atomic mass is 10.4. The number of aromatic nitrogens is 2. The van der Waals surface area contributed by atoms with Gasteiger partial charge in [0.2, 0.25) is 0 Å². The molecule has 0 radical (unpaired) electrons. The second-order valence-corrected chi connectivity index (χ2v) is 4.03. The first-order chi connectivity index (χ1) is 6.47. The van der Waals surface area contributed by atoms with Crippen LogP contribution in [-0.2, 0) is 16.4 Å². The van der Waals surface area contributed by atoms with Crippen molar-refractivity contribution < 1.29 is 8.42 Å². The predicted octanol–water partition coefficient (Wildman–Crippen LogP) is -0.442. The van der Waals surface area contributed by atoms with Crippen molar-refractivity contribution in [3.05, 3.63) is 17.6 Å². The molecule has 14 heavy (non-hydrogen) atoms. The van der Waals surface area contributed by atoms with Crippen LogP contribution in [0.3, 0.4) is 0 Å². The molecule has 2 N–H and O–H groups in total. The molecule has 0 saturated carbocycles. The van der Waals surface area contributed by atoms with E-state index in [9.17, 15) is 8.42 Å². The molecule has 0 aliphatic heterocycles. The zero-order valence-corrected chi connectivity index (χ0v) is 8.24. The Morgan fingerprint density at radius 3 is 2.64 bits per heavy atom. The molecule has 0 aromatic carbocycles. The molecule has 0 bridgehead atoms. The summed E-state index contributed by atoms with van der Waals surface area (Å²) >= 11 is 0. The average Bonchev–Trinajstić information content (AvgIpc) is 2.15. The predicted molar refractivity (Wildman–Crippen MR) is 47.5 cm³/mol. The Balaban J connectivity index is 3.41. The van der Waals surface area contributed by atoms with Crippen LogP contribution in [-0.4, -0.2) is 18.4 Å². The lowest BCUT2D eigenvalue weighted by Gasteiger charge is -2.00. The highest BCUT2D eigenvalue weighted by Crippen LogP contribution is 2.05. The summed E-state index contributed by atoms with van der Waals surface area (Å²) in [7, 11) is -3.87. The maximum Gasteiger partial charge on any atom is 0.255 e.